The number of hydrogen-bond donors (Lipinski definition) is 3. The number of carboxylic acids is 1. The van der Waals surface area contributed by atoms with Crippen LogP contribution in [0, 0.1) is 0 Å². The van der Waals surface area contributed by atoms with Crippen LogP contribution in [0.3, 0.4) is 0 Å². The third-order valence-electron chi connectivity index (χ3n) is 5.63. The Hall–Kier alpha value is -3.65. The number of aliphatic carboxylic acids is 1. The Morgan fingerprint density at radius 2 is 1.65 bits per heavy atom. The maximum Gasteiger partial charge on any atom is 0.370 e. The van der Waals surface area contributed by atoms with Gasteiger partial charge in [-0.15, -0.1) is 0 Å². The van der Waals surface area contributed by atoms with E-state index < -0.39 is 41.8 Å². The zero-order chi connectivity index (χ0) is 24.7. The van der Waals surface area contributed by atoms with Crippen molar-refractivity contribution in [3.8, 4) is 11.1 Å². The average molecular weight is 467 g/mol. The summed E-state index contributed by atoms with van der Waals surface area (Å²) in [6, 6.07) is 17.0. The number of carbonyl (C=O) groups excluding carboxylic acids is 2. The number of carbonyl (C=O) groups is 3. The smallest absolute Gasteiger partial charge is 0.370 e. The molecule has 0 fully saturated rings. The SMILES string of the molecule is CCCN(CCc1ccc(-c2ccccc2)cc1)C(=O)[C@@H]1OC(C(=O)O)=C[C@H](O)[C@H]1NC(C)=O. The third-order valence-corrected chi connectivity index (χ3v) is 5.63. The number of aliphatic hydroxyl groups is 1. The summed E-state index contributed by atoms with van der Waals surface area (Å²) in [5, 5.41) is 22.2. The molecular weight excluding hydrogens is 436 g/mol. The van der Waals surface area contributed by atoms with Gasteiger partial charge in [0.25, 0.3) is 5.91 Å². The number of amides is 2. The van der Waals surface area contributed by atoms with E-state index in [1.807, 2.05) is 61.5 Å². The minimum Gasteiger partial charge on any atom is -0.475 e. The highest BCUT2D eigenvalue weighted by molar-refractivity contribution is 5.88. The Labute approximate surface area is 198 Å². The van der Waals surface area contributed by atoms with E-state index in [0.717, 1.165) is 22.8 Å². The third kappa shape index (κ3) is 6.23. The predicted octanol–water partition coefficient (Wildman–Crippen LogP) is 2.37. The van der Waals surface area contributed by atoms with Gasteiger partial charge >= 0.3 is 5.97 Å². The number of nitrogens with one attached hydrogen (secondary N) is 1. The molecule has 0 aromatic heterocycles. The fraction of sp³-hybridized carbons (Fsp3) is 0.346. The molecule has 2 aromatic carbocycles. The molecule has 0 aliphatic carbocycles. The van der Waals surface area contributed by atoms with E-state index in [9.17, 15) is 24.6 Å². The largest absolute Gasteiger partial charge is 0.475 e. The van der Waals surface area contributed by atoms with Crippen molar-refractivity contribution in [3.63, 3.8) is 0 Å². The molecule has 8 heteroatoms. The van der Waals surface area contributed by atoms with Crippen LogP contribution < -0.4 is 5.32 Å². The first kappa shape index (κ1) is 25.0. The number of nitrogens with zero attached hydrogens (tertiary/aromatic N) is 1. The van der Waals surface area contributed by atoms with Crippen LogP contribution >= 0.6 is 0 Å². The number of ether oxygens (including phenoxy) is 1. The molecule has 0 bridgehead atoms. The standard InChI is InChI=1S/C26H30N2O6/c1-3-14-28(15-13-18-9-11-20(12-10-18)19-7-5-4-6-8-19)25(31)24-23(27-17(2)29)21(30)16-22(34-24)26(32)33/h4-12,16,21,23-24,30H,3,13-15H2,1-2H3,(H,27,29)(H,32,33)/t21-,23+,24+/m0/s1. The van der Waals surface area contributed by atoms with Crippen molar-refractivity contribution in [1.82, 2.24) is 10.2 Å². The highest BCUT2D eigenvalue weighted by Gasteiger charge is 2.42. The van der Waals surface area contributed by atoms with E-state index in [1.54, 1.807) is 4.90 Å². The number of carboxylic acid groups (broad SMARTS) is 1. The van der Waals surface area contributed by atoms with Crippen LogP contribution in [0.4, 0.5) is 0 Å². The number of benzene rings is 2. The summed E-state index contributed by atoms with van der Waals surface area (Å²) in [7, 11) is 0. The molecule has 3 N–H and O–H groups in total. The van der Waals surface area contributed by atoms with Gasteiger partial charge in [0, 0.05) is 20.0 Å². The predicted molar refractivity (Wildman–Crippen MR) is 127 cm³/mol. The van der Waals surface area contributed by atoms with Crippen LogP contribution in [0.2, 0.25) is 0 Å². The first-order chi connectivity index (χ1) is 16.3. The quantitative estimate of drug-likeness (QED) is 0.523. The van der Waals surface area contributed by atoms with Gasteiger partial charge in [-0.25, -0.2) is 4.79 Å². The van der Waals surface area contributed by atoms with E-state index in [-0.39, 0.29) is 0 Å². The fourth-order valence-electron chi connectivity index (χ4n) is 3.95. The summed E-state index contributed by atoms with van der Waals surface area (Å²) >= 11 is 0. The van der Waals surface area contributed by atoms with Crippen molar-refractivity contribution in [2.75, 3.05) is 13.1 Å². The number of aliphatic hydroxyl groups excluding tert-OH is 1. The zero-order valence-corrected chi connectivity index (χ0v) is 19.3. The molecule has 180 valence electrons. The van der Waals surface area contributed by atoms with Crippen molar-refractivity contribution >= 4 is 17.8 Å². The van der Waals surface area contributed by atoms with Crippen LogP contribution in [-0.2, 0) is 25.5 Å². The second kappa shape index (κ2) is 11.5. The van der Waals surface area contributed by atoms with E-state index in [4.69, 9.17) is 4.74 Å². The lowest BCUT2D eigenvalue weighted by Gasteiger charge is -2.36. The highest BCUT2D eigenvalue weighted by atomic mass is 16.5. The van der Waals surface area contributed by atoms with E-state index in [1.165, 1.54) is 6.92 Å². The lowest BCUT2D eigenvalue weighted by Crippen LogP contribution is -2.59. The van der Waals surface area contributed by atoms with E-state index in [0.29, 0.717) is 25.9 Å². The summed E-state index contributed by atoms with van der Waals surface area (Å²) < 4.78 is 5.43. The Bertz CT molecular complexity index is 1040. The molecule has 2 aromatic rings. The molecule has 3 rings (SSSR count). The first-order valence-corrected chi connectivity index (χ1v) is 11.3. The Morgan fingerprint density at radius 1 is 1.00 bits per heavy atom. The molecule has 1 heterocycles. The molecule has 1 aliphatic heterocycles. The molecule has 0 saturated carbocycles. The summed E-state index contributed by atoms with van der Waals surface area (Å²) in [6.45, 7) is 4.00. The highest BCUT2D eigenvalue weighted by Crippen LogP contribution is 2.22. The van der Waals surface area contributed by atoms with Gasteiger partial charge in [0.1, 0.15) is 12.1 Å². The van der Waals surface area contributed by atoms with Gasteiger partial charge < -0.3 is 25.2 Å². The summed E-state index contributed by atoms with van der Waals surface area (Å²) in [4.78, 5) is 38.0. The van der Waals surface area contributed by atoms with Crippen LogP contribution in [0.15, 0.2) is 66.4 Å². The molecule has 34 heavy (non-hydrogen) atoms. The monoisotopic (exact) mass is 466 g/mol. The molecule has 0 saturated heterocycles. The van der Waals surface area contributed by atoms with Gasteiger partial charge in [-0.05, 0) is 35.6 Å². The first-order valence-electron chi connectivity index (χ1n) is 11.3. The maximum absolute atomic E-state index is 13.4. The molecule has 2 amide bonds. The molecule has 3 atom stereocenters. The van der Waals surface area contributed by atoms with Crippen molar-refractivity contribution in [2.24, 2.45) is 0 Å². The Balaban J connectivity index is 1.74. The zero-order valence-electron chi connectivity index (χ0n) is 19.3. The van der Waals surface area contributed by atoms with Gasteiger partial charge in [0.2, 0.25) is 11.7 Å². The minimum absolute atomic E-state index is 0.381. The van der Waals surface area contributed by atoms with Crippen molar-refractivity contribution in [3.05, 3.63) is 72.0 Å². The van der Waals surface area contributed by atoms with E-state index >= 15 is 0 Å². The normalized spacial score (nSPS) is 19.5. The van der Waals surface area contributed by atoms with Gasteiger partial charge in [-0.1, -0.05) is 61.5 Å². The van der Waals surface area contributed by atoms with Gasteiger partial charge in [0.05, 0.1) is 0 Å². The Kier molecular flexibility index (Phi) is 8.43. The molecule has 0 spiro atoms. The van der Waals surface area contributed by atoms with Crippen LogP contribution in [0.25, 0.3) is 11.1 Å². The van der Waals surface area contributed by atoms with Crippen LogP contribution in [0.5, 0.6) is 0 Å². The fourth-order valence-corrected chi connectivity index (χ4v) is 3.95. The van der Waals surface area contributed by atoms with Crippen molar-refractivity contribution in [1.29, 1.82) is 0 Å². The Morgan fingerprint density at radius 3 is 2.24 bits per heavy atom. The molecular formula is C26H30N2O6. The molecule has 0 unspecified atom stereocenters. The number of hydrogen-bond acceptors (Lipinski definition) is 5. The topological polar surface area (TPSA) is 116 Å². The lowest BCUT2D eigenvalue weighted by molar-refractivity contribution is -0.151. The second-order valence-electron chi connectivity index (χ2n) is 8.23. The van der Waals surface area contributed by atoms with Crippen molar-refractivity contribution < 1.29 is 29.3 Å². The second-order valence-corrected chi connectivity index (χ2v) is 8.23. The molecule has 8 nitrogen and oxygen atoms in total. The number of rotatable bonds is 9. The van der Waals surface area contributed by atoms with Crippen molar-refractivity contribution in [2.45, 2.75) is 44.9 Å². The molecule has 1 aliphatic rings. The van der Waals surface area contributed by atoms with Crippen LogP contribution in [-0.4, -0.2) is 64.2 Å². The average Bonchev–Trinajstić information content (AvgIpc) is 2.83. The van der Waals surface area contributed by atoms with Crippen LogP contribution in [0.1, 0.15) is 25.8 Å². The van der Waals surface area contributed by atoms with Gasteiger partial charge in [-0.3, -0.25) is 9.59 Å². The lowest BCUT2D eigenvalue weighted by atomic mass is 9.98. The minimum atomic E-state index is -1.39. The van der Waals surface area contributed by atoms with Gasteiger partial charge in [0.15, 0.2) is 6.10 Å². The van der Waals surface area contributed by atoms with E-state index in [2.05, 4.69) is 5.32 Å². The summed E-state index contributed by atoms with van der Waals surface area (Å²) in [5.41, 5.74) is 3.26. The maximum atomic E-state index is 13.4. The summed E-state index contributed by atoms with van der Waals surface area (Å²) in [5.74, 6) is -2.84. The summed E-state index contributed by atoms with van der Waals surface area (Å²) in [6.07, 6.45) is -0.456. The van der Waals surface area contributed by atoms with Gasteiger partial charge in [-0.2, -0.15) is 0 Å². The molecule has 0 radical (unpaired) electrons.